The van der Waals surface area contributed by atoms with Crippen molar-refractivity contribution >= 4 is 17.5 Å². The van der Waals surface area contributed by atoms with Gasteiger partial charge in [0.25, 0.3) is 5.91 Å². The SMILES string of the molecule is CNC(=O)Cc1ccc(NC(=O)c2cnc(C)cn2)cc1. The molecular weight excluding hydrogens is 268 g/mol. The minimum atomic E-state index is -0.318. The van der Waals surface area contributed by atoms with E-state index in [9.17, 15) is 9.59 Å². The molecule has 0 aliphatic heterocycles. The fraction of sp³-hybridized carbons (Fsp3) is 0.200. The van der Waals surface area contributed by atoms with Crippen LogP contribution in [0.4, 0.5) is 5.69 Å². The van der Waals surface area contributed by atoms with Crippen LogP contribution in [-0.4, -0.2) is 28.8 Å². The Kier molecular flexibility index (Phi) is 4.61. The predicted molar refractivity (Wildman–Crippen MR) is 78.9 cm³/mol. The number of aryl methyl sites for hydroxylation is 1. The Labute approximate surface area is 122 Å². The van der Waals surface area contributed by atoms with E-state index in [-0.39, 0.29) is 17.5 Å². The molecule has 1 aromatic heterocycles. The van der Waals surface area contributed by atoms with Crippen LogP contribution in [0.2, 0.25) is 0 Å². The van der Waals surface area contributed by atoms with Crippen molar-refractivity contribution in [2.24, 2.45) is 0 Å². The van der Waals surface area contributed by atoms with Crippen molar-refractivity contribution in [2.75, 3.05) is 12.4 Å². The van der Waals surface area contributed by atoms with Gasteiger partial charge >= 0.3 is 0 Å². The van der Waals surface area contributed by atoms with Gasteiger partial charge in [-0.05, 0) is 24.6 Å². The van der Waals surface area contributed by atoms with Gasteiger partial charge in [0.2, 0.25) is 5.91 Å². The number of nitrogens with zero attached hydrogens (tertiary/aromatic N) is 2. The number of amides is 2. The molecule has 0 atom stereocenters. The van der Waals surface area contributed by atoms with E-state index in [1.807, 2.05) is 0 Å². The molecule has 2 amide bonds. The number of aromatic nitrogens is 2. The minimum absolute atomic E-state index is 0.0540. The normalized spacial score (nSPS) is 10.0. The second-order valence-corrected chi connectivity index (χ2v) is 4.54. The van der Waals surface area contributed by atoms with Crippen LogP contribution in [0.25, 0.3) is 0 Å². The van der Waals surface area contributed by atoms with Crippen molar-refractivity contribution in [2.45, 2.75) is 13.3 Å². The van der Waals surface area contributed by atoms with Gasteiger partial charge in [-0.3, -0.25) is 14.6 Å². The van der Waals surface area contributed by atoms with Crippen LogP contribution in [0.15, 0.2) is 36.7 Å². The van der Waals surface area contributed by atoms with Crippen molar-refractivity contribution in [3.8, 4) is 0 Å². The number of nitrogens with one attached hydrogen (secondary N) is 2. The first-order valence-corrected chi connectivity index (χ1v) is 6.48. The largest absolute Gasteiger partial charge is 0.359 e. The lowest BCUT2D eigenvalue weighted by Gasteiger charge is -2.06. The second kappa shape index (κ2) is 6.60. The summed E-state index contributed by atoms with van der Waals surface area (Å²) in [5, 5.41) is 5.29. The van der Waals surface area contributed by atoms with Crippen LogP contribution < -0.4 is 10.6 Å². The van der Waals surface area contributed by atoms with E-state index in [4.69, 9.17) is 0 Å². The first-order chi connectivity index (χ1) is 10.1. The topological polar surface area (TPSA) is 84.0 Å². The average molecular weight is 284 g/mol. The van der Waals surface area contributed by atoms with Crippen LogP contribution in [-0.2, 0) is 11.2 Å². The van der Waals surface area contributed by atoms with E-state index < -0.39 is 0 Å². The molecule has 0 radical (unpaired) electrons. The fourth-order valence-corrected chi connectivity index (χ4v) is 1.68. The molecule has 0 spiro atoms. The van der Waals surface area contributed by atoms with Crippen LogP contribution in [0.3, 0.4) is 0 Å². The smallest absolute Gasteiger partial charge is 0.275 e. The van der Waals surface area contributed by atoms with Gasteiger partial charge in [-0.25, -0.2) is 4.98 Å². The molecule has 6 nitrogen and oxygen atoms in total. The van der Waals surface area contributed by atoms with Gasteiger partial charge in [0, 0.05) is 18.9 Å². The summed E-state index contributed by atoms with van der Waals surface area (Å²) in [5.41, 5.74) is 2.53. The highest BCUT2D eigenvalue weighted by atomic mass is 16.2. The van der Waals surface area contributed by atoms with Gasteiger partial charge in [0.05, 0.1) is 18.3 Å². The molecule has 0 aliphatic carbocycles. The Hall–Kier alpha value is -2.76. The minimum Gasteiger partial charge on any atom is -0.359 e. The average Bonchev–Trinajstić information content (AvgIpc) is 2.49. The van der Waals surface area contributed by atoms with Crippen molar-refractivity contribution in [1.29, 1.82) is 0 Å². The summed E-state index contributed by atoms with van der Waals surface area (Å²) in [6.45, 7) is 1.81. The standard InChI is InChI=1S/C15H16N4O2/c1-10-8-18-13(9-17-10)15(21)19-12-5-3-11(4-6-12)7-14(20)16-2/h3-6,8-9H,7H2,1-2H3,(H,16,20)(H,19,21). The molecular formula is C15H16N4O2. The zero-order valence-corrected chi connectivity index (χ0v) is 11.9. The highest BCUT2D eigenvalue weighted by Crippen LogP contribution is 2.11. The molecule has 0 unspecified atom stereocenters. The molecule has 1 aromatic carbocycles. The van der Waals surface area contributed by atoms with Crippen molar-refractivity contribution in [3.63, 3.8) is 0 Å². The number of likely N-dealkylation sites (N-methyl/N-ethyl adjacent to an activating group) is 1. The lowest BCUT2D eigenvalue weighted by molar-refractivity contribution is -0.119. The fourth-order valence-electron chi connectivity index (χ4n) is 1.68. The van der Waals surface area contributed by atoms with Gasteiger partial charge in [-0.2, -0.15) is 0 Å². The van der Waals surface area contributed by atoms with Crippen molar-refractivity contribution in [3.05, 3.63) is 53.6 Å². The van der Waals surface area contributed by atoms with Crippen molar-refractivity contribution < 1.29 is 9.59 Å². The molecule has 0 saturated carbocycles. The highest BCUT2D eigenvalue weighted by Gasteiger charge is 2.08. The van der Waals surface area contributed by atoms with Gasteiger partial charge < -0.3 is 10.6 Å². The lowest BCUT2D eigenvalue weighted by atomic mass is 10.1. The molecule has 0 aliphatic rings. The second-order valence-electron chi connectivity index (χ2n) is 4.54. The third-order valence-electron chi connectivity index (χ3n) is 2.87. The van der Waals surface area contributed by atoms with Gasteiger partial charge in [0.1, 0.15) is 5.69 Å². The van der Waals surface area contributed by atoms with Gasteiger partial charge in [0.15, 0.2) is 0 Å². The molecule has 2 N–H and O–H groups in total. The van der Waals surface area contributed by atoms with Gasteiger partial charge in [-0.15, -0.1) is 0 Å². The van der Waals surface area contributed by atoms with Gasteiger partial charge in [-0.1, -0.05) is 12.1 Å². The summed E-state index contributed by atoms with van der Waals surface area (Å²) in [6.07, 6.45) is 3.29. The number of carbonyl (C=O) groups is 2. The molecule has 108 valence electrons. The third kappa shape index (κ3) is 4.10. The van der Waals surface area contributed by atoms with E-state index in [0.717, 1.165) is 11.3 Å². The molecule has 2 rings (SSSR count). The summed E-state index contributed by atoms with van der Waals surface area (Å²) in [5.74, 6) is -0.372. The highest BCUT2D eigenvalue weighted by molar-refractivity contribution is 6.02. The zero-order chi connectivity index (χ0) is 15.2. The molecule has 0 saturated heterocycles. The lowest BCUT2D eigenvalue weighted by Crippen LogP contribution is -2.19. The van der Waals surface area contributed by atoms with E-state index in [1.165, 1.54) is 6.20 Å². The third-order valence-corrected chi connectivity index (χ3v) is 2.87. The maximum atomic E-state index is 12.0. The monoisotopic (exact) mass is 284 g/mol. The quantitative estimate of drug-likeness (QED) is 0.887. The molecule has 2 aromatic rings. The number of hydrogen-bond donors (Lipinski definition) is 2. The predicted octanol–water partition coefficient (Wildman–Crippen LogP) is 1.33. The molecule has 0 bridgehead atoms. The Morgan fingerprint density at radius 1 is 1.10 bits per heavy atom. The number of rotatable bonds is 4. The van der Waals surface area contributed by atoms with Crippen LogP contribution in [0.1, 0.15) is 21.7 Å². The summed E-state index contributed by atoms with van der Waals surface area (Å²) in [4.78, 5) is 31.3. The summed E-state index contributed by atoms with van der Waals surface area (Å²) in [7, 11) is 1.60. The van der Waals surface area contributed by atoms with Crippen LogP contribution >= 0.6 is 0 Å². The first-order valence-electron chi connectivity index (χ1n) is 6.48. The zero-order valence-electron chi connectivity index (χ0n) is 11.9. The molecule has 21 heavy (non-hydrogen) atoms. The summed E-state index contributed by atoms with van der Waals surface area (Å²) >= 11 is 0. The maximum Gasteiger partial charge on any atom is 0.275 e. The number of carbonyl (C=O) groups excluding carboxylic acids is 2. The molecule has 1 heterocycles. The number of benzene rings is 1. The molecule has 6 heteroatoms. The Morgan fingerprint density at radius 3 is 2.38 bits per heavy atom. The van der Waals surface area contributed by atoms with E-state index >= 15 is 0 Å². The molecule has 0 fully saturated rings. The number of anilines is 1. The maximum absolute atomic E-state index is 12.0. The summed E-state index contributed by atoms with van der Waals surface area (Å²) in [6, 6.07) is 7.09. The van der Waals surface area contributed by atoms with E-state index in [0.29, 0.717) is 12.1 Å². The Bertz CT molecular complexity index is 636. The van der Waals surface area contributed by atoms with Crippen molar-refractivity contribution in [1.82, 2.24) is 15.3 Å². The van der Waals surface area contributed by atoms with Crippen LogP contribution in [0, 0.1) is 6.92 Å². The number of hydrogen-bond acceptors (Lipinski definition) is 4. The van der Waals surface area contributed by atoms with E-state index in [2.05, 4.69) is 20.6 Å². The van der Waals surface area contributed by atoms with E-state index in [1.54, 1.807) is 44.4 Å². The Balaban J connectivity index is 2.01. The summed E-state index contributed by atoms with van der Waals surface area (Å²) < 4.78 is 0. The Morgan fingerprint density at radius 2 is 1.81 bits per heavy atom. The van der Waals surface area contributed by atoms with Crippen LogP contribution in [0.5, 0.6) is 0 Å². The first kappa shape index (κ1) is 14.6.